The highest BCUT2D eigenvalue weighted by Crippen LogP contribution is 2.21. The van der Waals surface area contributed by atoms with Crippen LogP contribution in [0.15, 0.2) is 65.0 Å². The number of guanidine groups is 1. The quantitative estimate of drug-likeness (QED) is 0.390. The van der Waals surface area contributed by atoms with Crippen LogP contribution in [-0.2, 0) is 24.4 Å². The first kappa shape index (κ1) is 22.8. The van der Waals surface area contributed by atoms with Crippen LogP contribution >= 0.6 is 11.3 Å². The lowest BCUT2D eigenvalue weighted by molar-refractivity contribution is 0.119. The summed E-state index contributed by atoms with van der Waals surface area (Å²) in [5.74, 6) is 1.67. The van der Waals surface area contributed by atoms with Crippen LogP contribution in [0.3, 0.4) is 0 Å². The number of thiazole rings is 1. The van der Waals surface area contributed by atoms with E-state index < -0.39 is 0 Å². The van der Waals surface area contributed by atoms with Gasteiger partial charge in [-0.15, -0.1) is 11.3 Å². The highest BCUT2D eigenvalue weighted by molar-refractivity contribution is 7.09. The van der Waals surface area contributed by atoms with Crippen LogP contribution in [0.1, 0.15) is 34.9 Å². The van der Waals surface area contributed by atoms with Crippen molar-refractivity contribution in [2.75, 3.05) is 21.2 Å². The van der Waals surface area contributed by atoms with Crippen LogP contribution in [0.2, 0.25) is 0 Å². The molecule has 2 aromatic carbocycles. The largest absolute Gasteiger partial charge is 0.489 e. The van der Waals surface area contributed by atoms with Gasteiger partial charge in [-0.3, -0.25) is 4.99 Å². The second-order valence-corrected chi connectivity index (χ2v) is 8.08. The number of benzene rings is 2. The van der Waals surface area contributed by atoms with Gasteiger partial charge in [-0.05, 0) is 18.6 Å². The van der Waals surface area contributed by atoms with Gasteiger partial charge in [0.25, 0.3) is 0 Å². The molecule has 6 nitrogen and oxygen atoms in total. The zero-order valence-corrected chi connectivity index (χ0v) is 19.4. The number of para-hydroxylation sites is 1. The fourth-order valence-corrected chi connectivity index (χ4v) is 3.93. The number of hydrogen-bond acceptors (Lipinski definition) is 5. The maximum atomic E-state index is 6.07. The van der Waals surface area contributed by atoms with Crippen molar-refractivity contribution in [1.82, 2.24) is 15.2 Å². The van der Waals surface area contributed by atoms with E-state index in [-0.39, 0.29) is 6.10 Å². The average Bonchev–Trinajstić information content (AvgIpc) is 3.27. The normalized spacial score (nSPS) is 12.5. The SMILES string of the molecule is CN=C(NCc1ccccc1OCc1ccccc1)N(C)Cc1csc(C(C)OC)n1. The molecule has 0 amide bonds. The Kier molecular flexibility index (Phi) is 8.44. The first-order valence-corrected chi connectivity index (χ1v) is 11.1. The molecule has 1 heterocycles. The van der Waals surface area contributed by atoms with Crippen molar-refractivity contribution < 1.29 is 9.47 Å². The maximum Gasteiger partial charge on any atom is 0.194 e. The Morgan fingerprint density at radius 2 is 1.90 bits per heavy atom. The predicted molar refractivity (Wildman–Crippen MR) is 126 cm³/mol. The Balaban J connectivity index is 1.58. The smallest absolute Gasteiger partial charge is 0.194 e. The molecule has 0 spiro atoms. The number of ether oxygens (including phenoxy) is 2. The van der Waals surface area contributed by atoms with Gasteiger partial charge in [-0.25, -0.2) is 4.98 Å². The van der Waals surface area contributed by atoms with E-state index in [0.29, 0.717) is 19.7 Å². The topological polar surface area (TPSA) is 59.0 Å². The molecule has 0 aliphatic heterocycles. The fraction of sp³-hybridized carbons (Fsp3) is 0.333. The maximum absolute atomic E-state index is 6.07. The zero-order chi connectivity index (χ0) is 22.1. The highest BCUT2D eigenvalue weighted by Gasteiger charge is 2.13. The Bertz CT molecular complexity index is 974. The fourth-order valence-electron chi connectivity index (χ4n) is 3.09. The molecule has 0 aliphatic rings. The van der Waals surface area contributed by atoms with Crippen LogP contribution in [0.4, 0.5) is 0 Å². The molecule has 0 radical (unpaired) electrons. The van der Waals surface area contributed by atoms with E-state index in [9.17, 15) is 0 Å². The van der Waals surface area contributed by atoms with Crippen LogP contribution in [0.25, 0.3) is 0 Å². The first-order chi connectivity index (χ1) is 15.1. The van der Waals surface area contributed by atoms with E-state index in [1.807, 2.05) is 50.4 Å². The summed E-state index contributed by atoms with van der Waals surface area (Å²) in [6.45, 7) is 3.83. The molecule has 1 N–H and O–H groups in total. The molecule has 3 aromatic rings. The molecule has 3 rings (SSSR count). The highest BCUT2D eigenvalue weighted by atomic mass is 32.1. The summed E-state index contributed by atoms with van der Waals surface area (Å²) in [4.78, 5) is 11.2. The minimum Gasteiger partial charge on any atom is -0.489 e. The number of aromatic nitrogens is 1. The van der Waals surface area contributed by atoms with Gasteiger partial charge >= 0.3 is 0 Å². The number of rotatable bonds is 9. The van der Waals surface area contributed by atoms with Crippen molar-refractivity contribution >= 4 is 17.3 Å². The number of aliphatic imine (C=N–C) groups is 1. The van der Waals surface area contributed by atoms with Gasteiger partial charge < -0.3 is 19.7 Å². The van der Waals surface area contributed by atoms with Crippen LogP contribution < -0.4 is 10.1 Å². The molecular weight excluding hydrogens is 408 g/mol. The number of hydrogen-bond donors (Lipinski definition) is 1. The molecule has 0 saturated carbocycles. The lowest BCUT2D eigenvalue weighted by Crippen LogP contribution is -2.38. The molecule has 0 bridgehead atoms. The van der Waals surface area contributed by atoms with Gasteiger partial charge in [0.1, 0.15) is 23.5 Å². The molecule has 164 valence electrons. The second-order valence-electron chi connectivity index (χ2n) is 7.19. The van der Waals surface area contributed by atoms with E-state index in [1.54, 1.807) is 25.5 Å². The van der Waals surface area contributed by atoms with Gasteiger partial charge in [-0.2, -0.15) is 0 Å². The molecule has 1 atom stereocenters. The summed E-state index contributed by atoms with van der Waals surface area (Å²) < 4.78 is 11.4. The molecule has 0 fully saturated rings. The van der Waals surface area contributed by atoms with Gasteiger partial charge in [0, 0.05) is 38.7 Å². The van der Waals surface area contributed by atoms with E-state index in [0.717, 1.165) is 33.5 Å². The van der Waals surface area contributed by atoms with E-state index >= 15 is 0 Å². The third-order valence-corrected chi connectivity index (χ3v) is 5.94. The lowest BCUT2D eigenvalue weighted by Gasteiger charge is -2.22. The van der Waals surface area contributed by atoms with E-state index in [1.165, 1.54) is 0 Å². The van der Waals surface area contributed by atoms with Crippen molar-refractivity contribution in [3.63, 3.8) is 0 Å². The van der Waals surface area contributed by atoms with Crippen molar-refractivity contribution in [3.8, 4) is 5.75 Å². The van der Waals surface area contributed by atoms with Crippen molar-refractivity contribution in [3.05, 3.63) is 81.8 Å². The summed E-state index contributed by atoms with van der Waals surface area (Å²) in [6, 6.07) is 18.3. The molecule has 1 unspecified atom stereocenters. The van der Waals surface area contributed by atoms with Crippen LogP contribution in [0, 0.1) is 0 Å². The van der Waals surface area contributed by atoms with Gasteiger partial charge in [0.2, 0.25) is 0 Å². The Morgan fingerprint density at radius 1 is 1.16 bits per heavy atom. The van der Waals surface area contributed by atoms with Gasteiger partial charge in [0.05, 0.1) is 12.2 Å². The molecule has 7 heteroatoms. The number of nitrogens with one attached hydrogen (secondary N) is 1. The van der Waals surface area contributed by atoms with Crippen LogP contribution in [0.5, 0.6) is 5.75 Å². The molecular formula is C24H30N4O2S. The summed E-state index contributed by atoms with van der Waals surface area (Å²) in [6.07, 6.45) is 0.00822. The number of methoxy groups -OCH3 is 1. The standard InChI is InChI=1S/C24H30N4O2S/c1-18(29-4)23-27-21(17-31-23)15-28(3)24(25-2)26-14-20-12-8-9-13-22(20)30-16-19-10-6-5-7-11-19/h5-13,17-18H,14-16H2,1-4H3,(H,25,26). The lowest BCUT2D eigenvalue weighted by atomic mass is 10.2. The monoisotopic (exact) mass is 438 g/mol. The summed E-state index contributed by atoms with van der Waals surface area (Å²) in [5, 5.41) is 6.49. The third-order valence-electron chi connectivity index (χ3n) is 4.89. The van der Waals surface area contributed by atoms with Crippen molar-refractivity contribution in [2.24, 2.45) is 4.99 Å². The minimum absolute atomic E-state index is 0.00822. The summed E-state index contributed by atoms with van der Waals surface area (Å²) in [5.41, 5.74) is 3.23. The molecule has 0 aliphatic carbocycles. The van der Waals surface area contributed by atoms with Crippen molar-refractivity contribution in [2.45, 2.75) is 32.7 Å². The predicted octanol–water partition coefficient (Wildman–Crippen LogP) is 4.64. The average molecular weight is 439 g/mol. The molecule has 1 aromatic heterocycles. The van der Waals surface area contributed by atoms with Crippen molar-refractivity contribution in [1.29, 1.82) is 0 Å². The summed E-state index contributed by atoms with van der Waals surface area (Å²) in [7, 11) is 5.49. The minimum atomic E-state index is 0.00822. The zero-order valence-electron chi connectivity index (χ0n) is 18.5. The van der Waals surface area contributed by atoms with E-state index in [4.69, 9.17) is 9.47 Å². The molecule has 0 saturated heterocycles. The summed E-state index contributed by atoms with van der Waals surface area (Å²) >= 11 is 1.62. The van der Waals surface area contributed by atoms with Gasteiger partial charge in [-0.1, -0.05) is 48.5 Å². The number of nitrogens with zero attached hydrogens (tertiary/aromatic N) is 3. The van der Waals surface area contributed by atoms with E-state index in [2.05, 4.69) is 43.8 Å². The molecule has 31 heavy (non-hydrogen) atoms. The second kappa shape index (κ2) is 11.5. The Morgan fingerprint density at radius 3 is 2.65 bits per heavy atom. The first-order valence-electron chi connectivity index (χ1n) is 10.2. The third kappa shape index (κ3) is 6.54. The van der Waals surface area contributed by atoms with Gasteiger partial charge in [0.15, 0.2) is 5.96 Å². The Labute approximate surface area is 188 Å². The van der Waals surface area contributed by atoms with Crippen LogP contribution in [-0.4, -0.2) is 37.0 Å². The Hall–Kier alpha value is -2.90.